The van der Waals surface area contributed by atoms with Crippen LogP contribution >= 0.6 is 0 Å². The molecule has 1 aliphatic heterocycles. The summed E-state index contributed by atoms with van der Waals surface area (Å²) in [5.41, 5.74) is 1.41. The monoisotopic (exact) mass is 357 g/mol. The van der Waals surface area contributed by atoms with Gasteiger partial charge < -0.3 is 14.3 Å². The standard InChI is InChI=1S/C22H31NO3/c1-25-16-21-11-10-20(26-21)15-23-14-6-13-22(17-23,18-24)12-5-9-19-7-3-2-4-8-19/h2-4,7-8,10-11,24H,5-6,9,12-18H2,1H3. The Morgan fingerprint density at radius 3 is 2.73 bits per heavy atom. The zero-order chi connectivity index (χ0) is 18.2. The van der Waals surface area contributed by atoms with Gasteiger partial charge in [0.1, 0.15) is 18.1 Å². The number of rotatable bonds is 9. The third kappa shape index (κ3) is 5.19. The van der Waals surface area contributed by atoms with Crippen molar-refractivity contribution in [1.29, 1.82) is 0 Å². The first-order valence-corrected chi connectivity index (χ1v) is 9.67. The van der Waals surface area contributed by atoms with E-state index in [0.29, 0.717) is 6.61 Å². The van der Waals surface area contributed by atoms with Crippen molar-refractivity contribution in [1.82, 2.24) is 4.90 Å². The fourth-order valence-electron chi connectivity index (χ4n) is 4.12. The molecule has 0 amide bonds. The van der Waals surface area contributed by atoms with Crippen LogP contribution in [0.15, 0.2) is 46.9 Å². The van der Waals surface area contributed by atoms with E-state index < -0.39 is 0 Å². The van der Waals surface area contributed by atoms with Crippen LogP contribution in [-0.2, 0) is 24.3 Å². The van der Waals surface area contributed by atoms with Gasteiger partial charge in [-0.15, -0.1) is 0 Å². The van der Waals surface area contributed by atoms with E-state index in [0.717, 1.165) is 63.3 Å². The molecule has 0 radical (unpaired) electrons. The first kappa shape index (κ1) is 19.2. The van der Waals surface area contributed by atoms with Crippen molar-refractivity contribution >= 4 is 0 Å². The van der Waals surface area contributed by atoms with Gasteiger partial charge >= 0.3 is 0 Å². The van der Waals surface area contributed by atoms with E-state index in [-0.39, 0.29) is 12.0 Å². The first-order valence-electron chi connectivity index (χ1n) is 9.67. The third-order valence-corrected chi connectivity index (χ3v) is 5.47. The molecular formula is C22H31NO3. The molecular weight excluding hydrogens is 326 g/mol. The number of aliphatic hydroxyl groups is 1. The van der Waals surface area contributed by atoms with Crippen molar-refractivity contribution in [2.24, 2.45) is 5.41 Å². The summed E-state index contributed by atoms with van der Waals surface area (Å²) in [6.07, 6.45) is 5.53. The molecule has 3 rings (SSSR count). The van der Waals surface area contributed by atoms with Crippen LogP contribution in [-0.4, -0.2) is 36.8 Å². The van der Waals surface area contributed by atoms with Crippen LogP contribution in [0.3, 0.4) is 0 Å². The molecule has 1 aromatic carbocycles. The van der Waals surface area contributed by atoms with Gasteiger partial charge in [-0.05, 0) is 56.3 Å². The number of hydrogen-bond donors (Lipinski definition) is 1. The van der Waals surface area contributed by atoms with Gasteiger partial charge in [0.15, 0.2) is 0 Å². The van der Waals surface area contributed by atoms with Crippen LogP contribution in [0, 0.1) is 5.41 Å². The Morgan fingerprint density at radius 2 is 1.96 bits per heavy atom. The summed E-state index contributed by atoms with van der Waals surface area (Å²) in [6, 6.07) is 14.7. The molecule has 2 aromatic rings. The van der Waals surface area contributed by atoms with E-state index in [1.165, 1.54) is 5.56 Å². The second-order valence-electron chi connectivity index (χ2n) is 7.61. The third-order valence-electron chi connectivity index (χ3n) is 5.47. The van der Waals surface area contributed by atoms with Crippen molar-refractivity contribution in [2.45, 2.75) is 45.3 Å². The lowest BCUT2D eigenvalue weighted by atomic mass is 9.76. The van der Waals surface area contributed by atoms with Gasteiger partial charge in [-0.25, -0.2) is 0 Å². The molecule has 1 N–H and O–H groups in total. The Hall–Kier alpha value is -1.62. The lowest BCUT2D eigenvalue weighted by molar-refractivity contribution is 0.0179. The second kappa shape index (κ2) is 9.36. The maximum absolute atomic E-state index is 10.1. The zero-order valence-corrected chi connectivity index (χ0v) is 15.8. The van der Waals surface area contributed by atoms with Crippen LogP contribution in [0.5, 0.6) is 0 Å². The molecule has 26 heavy (non-hydrogen) atoms. The molecule has 0 spiro atoms. The number of furan rings is 1. The molecule has 0 bridgehead atoms. The fraction of sp³-hybridized carbons (Fsp3) is 0.545. The molecule has 4 heteroatoms. The maximum atomic E-state index is 10.1. The van der Waals surface area contributed by atoms with Crippen molar-refractivity contribution < 1.29 is 14.3 Å². The van der Waals surface area contributed by atoms with Crippen molar-refractivity contribution in [3.8, 4) is 0 Å². The number of hydrogen-bond acceptors (Lipinski definition) is 4. The first-order chi connectivity index (χ1) is 12.7. The number of aryl methyl sites for hydroxylation is 1. The minimum Gasteiger partial charge on any atom is -0.462 e. The molecule has 1 fully saturated rings. The Labute approximate surface area is 156 Å². The predicted molar refractivity (Wildman–Crippen MR) is 103 cm³/mol. The highest BCUT2D eigenvalue weighted by Crippen LogP contribution is 2.35. The number of piperidine rings is 1. The van der Waals surface area contributed by atoms with E-state index in [2.05, 4.69) is 35.2 Å². The molecule has 1 aliphatic rings. The summed E-state index contributed by atoms with van der Waals surface area (Å²) >= 11 is 0. The Balaban J connectivity index is 1.53. The fourth-order valence-corrected chi connectivity index (χ4v) is 4.12. The molecule has 0 aliphatic carbocycles. The summed E-state index contributed by atoms with van der Waals surface area (Å²) in [4.78, 5) is 2.43. The van der Waals surface area contributed by atoms with Crippen LogP contribution in [0.2, 0.25) is 0 Å². The van der Waals surface area contributed by atoms with Gasteiger partial charge in [-0.3, -0.25) is 4.90 Å². The number of methoxy groups -OCH3 is 1. The minimum absolute atomic E-state index is 0.0228. The molecule has 1 unspecified atom stereocenters. The highest BCUT2D eigenvalue weighted by molar-refractivity contribution is 5.14. The lowest BCUT2D eigenvalue weighted by Gasteiger charge is -2.41. The molecule has 0 saturated carbocycles. The molecule has 4 nitrogen and oxygen atoms in total. The Kier molecular flexibility index (Phi) is 6.89. The van der Waals surface area contributed by atoms with Crippen LogP contribution in [0.25, 0.3) is 0 Å². The van der Waals surface area contributed by atoms with Gasteiger partial charge in [0, 0.05) is 25.7 Å². The number of likely N-dealkylation sites (tertiary alicyclic amines) is 1. The number of benzene rings is 1. The van der Waals surface area contributed by atoms with Crippen LogP contribution in [0.4, 0.5) is 0 Å². The number of nitrogens with zero attached hydrogens (tertiary/aromatic N) is 1. The van der Waals surface area contributed by atoms with Gasteiger partial charge in [-0.1, -0.05) is 30.3 Å². The van der Waals surface area contributed by atoms with E-state index in [4.69, 9.17) is 9.15 Å². The summed E-state index contributed by atoms with van der Waals surface area (Å²) in [6.45, 7) is 3.61. The van der Waals surface area contributed by atoms with E-state index in [1.807, 2.05) is 12.1 Å². The van der Waals surface area contributed by atoms with E-state index in [1.54, 1.807) is 7.11 Å². The summed E-state index contributed by atoms with van der Waals surface area (Å²) in [7, 11) is 1.68. The maximum Gasteiger partial charge on any atom is 0.129 e. The summed E-state index contributed by atoms with van der Waals surface area (Å²) < 4.78 is 11.0. The summed E-state index contributed by atoms with van der Waals surface area (Å²) in [5.74, 6) is 1.85. The average Bonchev–Trinajstić information content (AvgIpc) is 3.10. The molecule has 2 heterocycles. The van der Waals surface area contributed by atoms with Gasteiger partial charge in [0.2, 0.25) is 0 Å². The SMILES string of the molecule is COCc1ccc(CN2CCCC(CO)(CCCc3ccccc3)C2)o1. The molecule has 1 atom stereocenters. The summed E-state index contributed by atoms with van der Waals surface area (Å²) in [5, 5.41) is 10.1. The van der Waals surface area contributed by atoms with Crippen LogP contribution in [0.1, 0.15) is 42.8 Å². The second-order valence-corrected chi connectivity index (χ2v) is 7.61. The van der Waals surface area contributed by atoms with E-state index in [9.17, 15) is 5.11 Å². The Morgan fingerprint density at radius 1 is 1.15 bits per heavy atom. The lowest BCUT2D eigenvalue weighted by Crippen LogP contribution is -2.45. The van der Waals surface area contributed by atoms with Crippen molar-refractivity contribution in [3.05, 3.63) is 59.5 Å². The van der Waals surface area contributed by atoms with Gasteiger partial charge in [0.05, 0.1) is 6.54 Å². The smallest absolute Gasteiger partial charge is 0.129 e. The average molecular weight is 357 g/mol. The quantitative estimate of drug-likeness (QED) is 0.736. The van der Waals surface area contributed by atoms with Crippen molar-refractivity contribution in [2.75, 3.05) is 26.8 Å². The molecule has 1 saturated heterocycles. The van der Waals surface area contributed by atoms with Crippen molar-refractivity contribution in [3.63, 3.8) is 0 Å². The Bertz CT molecular complexity index is 654. The predicted octanol–water partition coefficient (Wildman–Crippen LogP) is 4.02. The number of aliphatic hydroxyl groups excluding tert-OH is 1. The van der Waals surface area contributed by atoms with Crippen LogP contribution < -0.4 is 0 Å². The van der Waals surface area contributed by atoms with Gasteiger partial charge in [0.25, 0.3) is 0 Å². The number of ether oxygens (including phenoxy) is 1. The minimum atomic E-state index is 0.0228. The normalized spacial score (nSPS) is 21.2. The highest BCUT2D eigenvalue weighted by atomic mass is 16.5. The molecule has 1 aromatic heterocycles. The molecule has 142 valence electrons. The largest absolute Gasteiger partial charge is 0.462 e. The van der Waals surface area contributed by atoms with E-state index >= 15 is 0 Å². The zero-order valence-electron chi connectivity index (χ0n) is 15.8. The topological polar surface area (TPSA) is 45.8 Å². The highest BCUT2D eigenvalue weighted by Gasteiger charge is 2.34. The van der Waals surface area contributed by atoms with Gasteiger partial charge in [-0.2, -0.15) is 0 Å².